The van der Waals surface area contributed by atoms with E-state index in [1.165, 1.54) is 0 Å². The van der Waals surface area contributed by atoms with Gasteiger partial charge in [-0.05, 0) is 42.8 Å². The number of carbonyl (C=O) groups excluding carboxylic acids is 3. The first-order valence-electron chi connectivity index (χ1n) is 9.44. The minimum absolute atomic E-state index is 0.0490. The van der Waals surface area contributed by atoms with Gasteiger partial charge in [0.15, 0.2) is 0 Å². The number of fused-ring (bicyclic) bond motifs is 1. The first-order chi connectivity index (χ1) is 13.3. The molecule has 0 saturated carbocycles. The van der Waals surface area contributed by atoms with Gasteiger partial charge in [-0.25, -0.2) is 9.69 Å². The molecule has 0 spiro atoms. The molecule has 1 saturated heterocycles. The van der Waals surface area contributed by atoms with Crippen molar-refractivity contribution < 1.29 is 14.4 Å². The molecule has 4 amide bonds. The maximum atomic E-state index is 13.1. The van der Waals surface area contributed by atoms with Crippen LogP contribution >= 0.6 is 0 Å². The van der Waals surface area contributed by atoms with Crippen LogP contribution in [0.5, 0.6) is 0 Å². The average molecular weight is 382 g/mol. The molecular weight excluding hydrogens is 356 g/mol. The summed E-state index contributed by atoms with van der Waals surface area (Å²) in [5.41, 5.74) is -0.401. The topological polar surface area (TPSA) is 81.8 Å². The Balaban J connectivity index is 1.75. The summed E-state index contributed by atoms with van der Waals surface area (Å²) in [6, 6.07) is 13.2. The van der Waals surface area contributed by atoms with E-state index in [1.54, 1.807) is 18.9 Å². The lowest BCUT2D eigenvalue weighted by Crippen LogP contribution is -2.45. The van der Waals surface area contributed by atoms with E-state index in [1.807, 2.05) is 49.4 Å². The summed E-state index contributed by atoms with van der Waals surface area (Å²) < 4.78 is 0. The van der Waals surface area contributed by atoms with E-state index in [9.17, 15) is 14.4 Å². The lowest BCUT2D eigenvalue weighted by molar-refractivity contribution is -0.133. The lowest BCUT2D eigenvalue weighted by Gasteiger charge is -2.24. The van der Waals surface area contributed by atoms with Gasteiger partial charge in [-0.2, -0.15) is 0 Å². The monoisotopic (exact) mass is 382 g/mol. The van der Waals surface area contributed by atoms with Crippen LogP contribution in [0.25, 0.3) is 10.8 Å². The van der Waals surface area contributed by atoms with Crippen molar-refractivity contribution in [2.75, 3.05) is 26.8 Å². The second kappa shape index (κ2) is 7.98. The van der Waals surface area contributed by atoms with Gasteiger partial charge in [-0.15, -0.1) is 0 Å². The standard InChI is InChI=1S/C21H26N4O3/c1-4-11-22-18(26)13-24(3)14-25-19(27)21(2,23-20(25)28)17-10-9-15-7-5-6-8-16(15)12-17/h5-10,12H,4,11,13-14H2,1-3H3,(H,22,26)(H,23,28)/t21-/m1/s1. The quantitative estimate of drug-likeness (QED) is 0.718. The molecule has 7 nitrogen and oxygen atoms in total. The smallest absolute Gasteiger partial charge is 0.326 e. The number of likely N-dealkylation sites (N-methyl/N-ethyl adjacent to an activating group) is 1. The first-order valence-corrected chi connectivity index (χ1v) is 9.44. The molecule has 2 N–H and O–H groups in total. The predicted molar refractivity (Wildman–Crippen MR) is 107 cm³/mol. The Labute approximate surface area is 164 Å². The highest BCUT2D eigenvalue weighted by atomic mass is 16.2. The van der Waals surface area contributed by atoms with Crippen LogP contribution in [0.3, 0.4) is 0 Å². The molecular formula is C21H26N4O3. The van der Waals surface area contributed by atoms with E-state index in [4.69, 9.17) is 0 Å². The van der Waals surface area contributed by atoms with Gasteiger partial charge >= 0.3 is 6.03 Å². The third-order valence-corrected chi connectivity index (χ3v) is 4.97. The number of rotatable bonds is 7. The zero-order valence-electron chi connectivity index (χ0n) is 16.5. The van der Waals surface area contributed by atoms with E-state index >= 15 is 0 Å². The minimum Gasteiger partial charge on any atom is -0.355 e. The summed E-state index contributed by atoms with van der Waals surface area (Å²) in [5, 5.41) is 7.68. The number of benzene rings is 2. The summed E-state index contributed by atoms with van der Waals surface area (Å²) in [4.78, 5) is 40.2. The third-order valence-electron chi connectivity index (χ3n) is 4.97. The summed E-state index contributed by atoms with van der Waals surface area (Å²) >= 11 is 0. The van der Waals surface area contributed by atoms with Crippen molar-refractivity contribution in [1.29, 1.82) is 0 Å². The molecule has 2 aromatic carbocycles. The molecule has 0 aliphatic carbocycles. The molecule has 1 heterocycles. The maximum Gasteiger partial charge on any atom is 0.326 e. The van der Waals surface area contributed by atoms with Crippen molar-refractivity contribution in [3.8, 4) is 0 Å². The van der Waals surface area contributed by atoms with Gasteiger partial charge in [0.1, 0.15) is 5.54 Å². The third kappa shape index (κ3) is 3.84. The molecule has 0 bridgehead atoms. The van der Waals surface area contributed by atoms with Gasteiger partial charge in [0.25, 0.3) is 5.91 Å². The minimum atomic E-state index is -1.13. The summed E-state index contributed by atoms with van der Waals surface area (Å²) in [7, 11) is 1.71. The zero-order valence-corrected chi connectivity index (χ0v) is 16.5. The molecule has 0 aromatic heterocycles. The van der Waals surface area contributed by atoms with Crippen molar-refractivity contribution in [2.45, 2.75) is 25.8 Å². The summed E-state index contributed by atoms with van der Waals surface area (Å²) in [6.07, 6.45) is 0.854. The second-order valence-electron chi connectivity index (χ2n) is 7.36. The Morgan fingerprint density at radius 3 is 2.61 bits per heavy atom. The van der Waals surface area contributed by atoms with Crippen LogP contribution in [0.2, 0.25) is 0 Å². The number of nitrogens with one attached hydrogen (secondary N) is 2. The Kier molecular flexibility index (Phi) is 5.65. The fourth-order valence-corrected chi connectivity index (χ4v) is 3.38. The number of urea groups is 1. The fourth-order valence-electron chi connectivity index (χ4n) is 3.38. The molecule has 3 rings (SSSR count). The van der Waals surface area contributed by atoms with Crippen LogP contribution < -0.4 is 10.6 Å². The van der Waals surface area contributed by atoms with Gasteiger partial charge in [0.05, 0.1) is 13.2 Å². The molecule has 0 unspecified atom stereocenters. The molecule has 1 aliphatic rings. The van der Waals surface area contributed by atoms with E-state index in [2.05, 4.69) is 10.6 Å². The SMILES string of the molecule is CCCNC(=O)CN(C)CN1C(=O)N[C@](C)(c2ccc3ccccc3c2)C1=O. The number of amides is 4. The second-order valence-corrected chi connectivity index (χ2v) is 7.36. The Morgan fingerprint density at radius 1 is 1.18 bits per heavy atom. The van der Waals surface area contributed by atoms with E-state index in [-0.39, 0.29) is 25.0 Å². The van der Waals surface area contributed by atoms with E-state index in [0.29, 0.717) is 6.54 Å². The molecule has 1 aliphatic heterocycles. The molecule has 2 aromatic rings. The van der Waals surface area contributed by atoms with Gasteiger partial charge in [0, 0.05) is 6.54 Å². The van der Waals surface area contributed by atoms with Crippen molar-refractivity contribution in [2.24, 2.45) is 0 Å². The maximum absolute atomic E-state index is 13.1. The van der Waals surface area contributed by atoms with Gasteiger partial charge in [0.2, 0.25) is 5.91 Å². The highest BCUT2D eigenvalue weighted by Gasteiger charge is 2.49. The highest BCUT2D eigenvalue weighted by molar-refractivity contribution is 6.07. The number of nitrogens with zero attached hydrogens (tertiary/aromatic N) is 2. The van der Waals surface area contributed by atoms with Crippen molar-refractivity contribution in [1.82, 2.24) is 20.4 Å². The van der Waals surface area contributed by atoms with Gasteiger partial charge < -0.3 is 10.6 Å². The largest absolute Gasteiger partial charge is 0.355 e. The van der Waals surface area contributed by atoms with Crippen LogP contribution in [0, 0.1) is 0 Å². The van der Waals surface area contributed by atoms with Crippen LogP contribution in [0.1, 0.15) is 25.8 Å². The summed E-state index contributed by atoms with van der Waals surface area (Å²) in [6.45, 7) is 4.46. The average Bonchev–Trinajstić information content (AvgIpc) is 2.90. The number of hydrogen-bond acceptors (Lipinski definition) is 4. The molecule has 0 radical (unpaired) electrons. The molecule has 1 atom stereocenters. The van der Waals surface area contributed by atoms with Crippen molar-refractivity contribution >= 4 is 28.6 Å². The first kappa shape index (κ1) is 19.8. The van der Waals surface area contributed by atoms with Crippen LogP contribution in [-0.2, 0) is 15.1 Å². The zero-order chi connectivity index (χ0) is 20.3. The molecule has 1 fully saturated rings. The predicted octanol–water partition coefficient (Wildman–Crippen LogP) is 2.02. The van der Waals surface area contributed by atoms with Crippen molar-refractivity contribution in [3.05, 3.63) is 48.0 Å². The number of carbonyl (C=O) groups is 3. The Bertz CT molecular complexity index is 913. The molecule has 28 heavy (non-hydrogen) atoms. The van der Waals surface area contributed by atoms with Crippen LogP contribution in [0.4, 0.5) is 4.79 Å². The molecule has 7 heteroatoms. The molecule has 148 valence electrons. The number of hydrogen-bond donors (Lipinski definition) is 2. The Hall–Kier alpha value is -2.93. The fraction of sp³-hybridized carbons (Fsp3) is 0.381. The van der Waals surface area contributed by atoms with Crippen molar-refractivity contribution in [3.63, 3.8) is 0 Å². The lowest BCUT2D eigenvalue weighted by atomic mass is 9.90. The van der Waals surface area contributed by atoms with E-state index < -0.39 is 11.6 Å². The van der Waals surface area contributed by atoms with Gasteiger partial charge in [-0.3, -0.25) is 14.5 Å². The van der Waals surface area contributed by atoms with Gasteiger partial charge in [-0.1, -0.05) is 43.3 Å². The van der Waals surface area contributed by atoms with Crippen LogP contribution in [0.15, 0.2) is 42.5 Å². The normalized spacial score (nSPS) is 19.4. The number of imide groups is 1. The summed E-state index contributed by atoms with van der Waals surface area (Å²) in [5.74, 6) is -0.456. The highest BCUT2D eigenvalue weighted by Crippen LogP contribution is 2.31. The Morgan fingerprint density at radius 2 is 1.89 bits per heavy atom. The van der Waals surface area contributed by atoms with Crippen LogP contribution in [-0.4, -0.2) is 54.5 Å². The van der Waals surface area contributed by atoms with E-state index in [0.717, 1.165) is 27.7 Å².